The van der Waals surface area contributed by atoms with Crippen molar-refractivity contribution < 1.29 is 19.1 Å². The SMILES string of the molecule is CC(=O)Nc1ccc(C(C)=O)cc1OCC(=O)NC1CCCCCC1. The second-order valence-electron chi connectivity index (χ2n) is 6.49. The first-order valence-electron chi connectivity index (χ1n) is 8.80. The lowest BCUT2D eigenvalue weighted by Crippen LogP contribution is -2.37. The van der Waals surface area contributed by atoms with E-state index in [2.05, 4.69) is 10.6 Å². The average Bonchev–Trinajstić information content (AvgIpc) is 2.81. The summed E-state index contributed by atoms with van der Waals surface area (Å²) in [5.41, 5.74) is 0.910. The Labute approximate surface area is 148 Å². The van der Waals surface area contributed by atoms with E-state index < -0.39 is 0 Å². The van der Waals surface area contributed by atoms with Crippen LogP contribution in [-0.2, 0) is 9.59 Å². The topological polar surface area (TPSA) is 84.5 Å². The summed E-state index contributed by atoms with van der Waals surface area (Å²) in [7, 11) is 0. The van der Waals surface area contributed by atoms with Crippen LogP contribution in [0.3, 0.4) is 0 Å². The van der Waals surface area contributed by atoms with E-state index in [1.165, 1.54) is 26.7 Å². The molecule has 2 rings (SSSR count). The highest BCUT2D eigenvalue weighted by molar-refractivity contribution is 5.96. The van der Waals surface area contributed by atoms with Crippen molar-refractivity contribution in [3.8, 4) is 5.75 Å². The van der Waals surface area contributed by atoms with E-state index in [4.69, 9.17) is 4.74 Å². The number of carbonyl (C=O) groups is 3. The lowest BCUT2D eigenvalue weighted by atomic mass is 10.1. The summed E-state index contributed by atoms with van der Waals surface area (Å²) in [6.45, 7) is 2.70. The van der Waals surface area contributed by atoms with Crippen LogP contribution >= 0.6 is 0 Å². The lowest BCUT2D eigenvalue weighted by molar-refractivity contribution is -0.123. The van der Waals surface area contributed by atoms with E-state index in [-0.39, 0.29) is 30.2 Å². The number of hydrogen-bond acceptors (Lipinski definition) is 4. The monoisotopic (exact) mass is 346 g/mol. The second-order valence-corrected chi connectivity index (χ2v) is 6.49. The fourth-order valence-corrected chi connectivity index (χ4v) is 2.99. The third kappa shape index (κ3) is 6.21. The van der Waals surface area contributed by atoms with Crippen LogP contribution in [0.2, 0.25) is 0 Å². The summed E-state index contributed by atoms with van der Waals surface area (Å²) in [4.78, 5) is 35.0. The number of benzene rings is 1. The lowest BCUT2D eigenvalue weighted by Gasteiger charge is -2.17. The van der Waals surface area contributed by atoms with Gasteiger partial charge in [0.15, 0.2) is 12.4 Å². The van der Waals surface area contributed by atoms with Gasteiger partial charge in [-0.1, -0.05) is 25.7 Å². The van der Waals surface area contributed by atoms with Gasteiger partial charge >= 0.3 is 0 Å². The summed E-state index contributed by atoms with van der Waals surface area (Å²) in [6, 6.07) is 4.98. The third-order valence-corrected chi connectivity index (χ3v) is 4.28. The Hall–Kier alpha value is -2.37. The molecule has 6 nitrogen and oxygen atoms in total. The van der Waals surface area contributed by atoms with Crippen LogP contribution in [0, 0.1) is 0 Å². The molecule has 1 fully saturated rings. The normalized spacial score (nSPS) is 15.1. The first kappa shape index (κ1) is 19.0. The van der Waals surface area contributed by atoms with E-state index in [1.807, 2.05) is 0 Å². The Kier molecular flexibility index (Phi) is 6.98. The minimum atomic E-state index is -0.247. The highest BCUT2D eigenvalue weighted by atomic mass is 16.5. The van der Waals surface area contributed by atoms with Gasteiger partial charge in [-0.3, -0.25) is 14.4 Å². The largest absolute Gasteiger partial charge is 0.482 e. The number of Topliss-reactive ketones (excluding diaryl/α,β-unsaturated/α-hetero) is 1. The first-order chi connectivity index (χ1) is 12.0. The molecule has 0 unspecified atom stereocenters. The van der Waals surface area contributed by atoms with Crippen LogP contribution in [0.25, 0.3) is 0 Å². The number of rotatable bonds is 6. The minimum absolute atomic E-state index is 0.109. The molecule has 1 aliphatic carbocycles. The van der Waals surface area contributed by atoms with Gasteiger partial charge in [-0.2, -0.15) is 0 Å². The number of anilines is 1. The number of ether oxygens (including phenoxy) is 1. The number of amides is 2. The zero-order valence-electron chi connectivity index (χ0n) is 14.9. The molecule has 2 amide bonds. The van der Waals surface area contributed by atoms with Crippen LogP contribution in [0.15, 0.2) is 18.2 Å². The van der Waals surface area contributed by atoms with E-state index in [1.54, 1.807) is 18.2 Å². The smallest absolute Gasteiger partial charge is 0.258 e. The summed E-state index contributed by atoms with van der Waals surface area (Å²) < 4.78 is 5.58. The molecule has 0 radical (unpaired) electrons. The molecular formula is C19H26N2O4. The highest BCUT2D eigenvalue weighted by Crippen LogP contribution is 2.26. The van der Waals surface area contributed by atoms with Crippen LogP contribution in [0.1, 0.15) is 62.7 Å². The first-order valence-corrected chi connectivity index (χ1v) is 8.80. The van der Waals surface area contributed by atoms with Crippen molar-refractivity contribution in [2.75, 3.05) is 11.9 Å². The fourth-order valence-electron chi connectivity index (χ4n) is 2.99. The summed E-state index contributed by atoms with van der Waals surface area (Å²) in [6.07, 6.45) is 6.73. The molecule has 25 heavy (non-hydrogen) atoms. The van der Waals surface area contributed by atoms with Gasteiger partial charge in [0, 0.05) is 18.5 Å². The maximum Gasteiger partial charge on any atom is 0.258 e. The standard InChI is InChI=1S/C19H26N2O4/c1-13(22)15-9-10-17(20-14(2)23)18(11-15)25-12-19(24)21-16-7-5-3-4-6-8-16/h9-11,16H,3-8,12H2,1-2H3,(H,20,23)(H,21,24). The van der Waals surface area contributed by atoms with Gasteiger partial charge in [-0.15, -0.1) is 0 Å². The van der Waals surface area contributed by atoms with Gasteiger partial charge < -0.3 is 15.4 Å². The van der Waals surface area contributed by atoms with E-state index in [9.17, 15) is 14.4 Å². The maximum absolute atomic E-state index is 12.2. The molecular weight excluding hydrogens is 320 g/mol. The Morgan fingerprint density at radius 3 is 2.36 bits per heavy atom. The van der Waals surface area contributed by atoms with E-state index >= 15 is 0 Å². The number of nitrogens with one attached hydrogen (secondary N) is 2. The Balaban J connectivity index is 1.99. The molecule has 1 aromatic rings. The third-order valence-electron chi connectivity index (χ3n) is 4.28. The molecule has 136 valence electrons. The Morgan fingerprint density at radius 2 is 1.76 bits per heavy atom. The van der Waals surface area contributed by atoms with Gasteiger partial charge in [-0.25, -0.2) is 0 Å². The summed E-state index contributed by atoms with van der Waals surface area (Å²) in [5.74, 6) is -0.224. The molecule has 6 heteroatoms. The fraction of sp³-hybridized carbons (Fsp3) is 0.526. The molecule has 1 aromatic carbocycles. The molecule has 0 heterocycles. The molecule has 0 aromatic heterocycles. The zero-order chi connectivity index (χ0) is 18.2. The highest BCUT2D eigenvalue weighted by Gasteiger charge is 2.16. The van der Waals surface area contributed by atoms with Gasteiger partial charge in [0.05, 0.1) is 5.69 Å². The van der Waals surface area contributed by atoms with E-state index in [0.29, 0.717) is 17.0 Å². The predicted molar refractivity (Wildman–Crippen MR) is 95.9 cm³/mol. The summed E-state index contributed by atoms with van der Waals surface area (Å²) in [5, 5.41) is 5.65. The zero-order valence-corrected chi connectivity index (χ0v) is 14.9. The van der Waals surface area contributed by atoms with Gasteiger partial charge in [0.1, 0.15) is 5.75 Å². The van der Waals surface area contributed by atoms with Crippen molar-refractivity contribution >= 4 is 23.3 Å². The van der Waals surface area contributed by atoms with Crippen molar-refractivity contribution in [3.63, 3.8) is 0 Å². The molecule has 0 bridgehead atoms. The maximum atomic E-state index is 12.2. The molecule has 2 N–H and O–H groups in total. The number of ketones is 1. The van der Waals surface area contributed by atoms with Gasteiger partial charge in [0.25, 0.3) is 5.91 Å². The van der Waals surface area contributed by atoms with Gasteiger partial charge in [-0.05, 0) is 38.0 Å². The average molecular weight is 346 g/mol. The quantitative estimate of drug-likeness (QED) is 0.612. The predicted octanol–water partition coefficient (Wildman–Crippen LogP) is 3.07. The minimum Gasteiger partial charge on any atom is -0.482 e. The van der Waals surface area contributed by atoms with Crippen LogP contribution in [0.4, 0.5) is 5.69 Å². The molecule has 0 spiro atoms. The van der Waals surface area contributed by atoms with Crippen molar-refractivity contribution in [1.82, 2.24) is 5.32 Å². The Bertz CT molecular complexity index is 634. The van der Waals surface area contributed by atoms with E-state index in [0.717, 1.165) is 25.7 Å². The van der Waals surface area contributed by atoms with Crippen molar-refractivity contribution in [2.45, 2.75) is 58.4 Å². The van der Waals surface area contributed by atoms with Crippen molar-refractivity contribution in [2.24, 2.45) is 0 Å². The van der Waals surface area contributed by atoms with Crippen LogP contribution < -0.4 is 15.4 Å². The second kappa shape index (κ2) is 9.20. The number of carbonyl (C=O) groups excluding carboxylic acids is 3. The molecule has 0 aliphatic heterocycles. The Morgan fingerprint density at radius 1 is 1.08 bits per heavy atom. The van der Waals surface area contributed by atoms with Crippen molar-refractivity contribution in [1.29, 1.82) is 0 Å². The summed E-state index contributed by atoms with van der Waals surface area (Å²) >= 11 is 0. The molecule has 0 saturated heterocycles. The van der Waals surface area contributed by atoms with Gasteiger partial charge in [0.2, 0.25) is 5.91 Å². The molecule has 1 saturated carbocycles. The molecule has 1 aliphatic rings. The van der Waals surface area contributed by atoms with Crippen molar-refractivity contribution in [3.05, 3.63) is 23.8 Å². The molecule has 0 atom stereocenters. The number of hydrogen-bond donors (Lipinski definition) is 2. The van der Waals surface area contributed by atoms with Crippen LogP contribution in [0.5, 0.6) is 5.75 Å². The van der Waals surface area contributed by atoms with Crippen LogP contribution in [-0.4, -0.2) is 30.2 Å².